The molecule has 2 aliphatic heterocycles. The summed E-state index contributed by atoms with van der Waals surface area (Å²) in [6.07, 6.45) is 7.46. The second kappa shape index (κ2) is 5.02. The number of aromatic nitrogens is 1. The molecule has 1 saturated heterocycles. The Kier molecular flexibility index (Phi) is 3.25. The van der Waals surface area contributed by atoms with E-state index in [0.717, 1.165) is 31.9 Å². The Hall–Kier alpha value is -1.13. The minimum atomic E-state index is 0.112. The number of hydrogen-bond donors (Lipinski definition) is 1. The predicted octanol–water partition coefficient (Wildman–Crippen LogP) is 1.50. The minimum Gasteiger partial charge on any atom is -0.484 e. The van der Waals surface area contributed by atoms with Crippen LogP contribution in [0.2, 0.25) is 0 Å². The van der Waals surface area contributed by atoms with Gasteiger partial charge in [-0.3, -0.25) is 4.98 Å². The Morgan fingerprint density at radius 2 is 2.29 bits per heavy atom. The third kappa shape index (κ3) is 2.42. The van der Waals surface area contributed by atoms with Gasteiger partial charge in [0.1, 0.15) is 11.9 Å². The van der Waals surface area contributed by atoms with Gasteiger partial charge in [0.05, 0.1) is 12.3 Å². The van der Waals surface area contributed by atoms with Crippen molar-refractivity contribution in [3.8, 4) is 5.75 Å². The largest absolute Gasteiger partial charge is 0.484 e. The molecule has 4 heteroatoms. The fraction of sp³-hybridized carbons (Fsp3) is 0.615. The molecule has 3 heterocycles. The molecule has 1 aromatic heterocycles. The van der Waals surface area contributed by atoms with Crippen molar-refractivity contribution in [2.45, 2.75) is 38.0 Å². The Morgan fingerprint density at radius 3 is 3.18 bits per heavy atom. The molecule has 92 valence electrons. The van der Waals surface area contributed by atoms with Crippen LogP contribution in [0.5, 0.6) is 5.75 Å². The summed E-state index contributed by atoms with van der Waals surface area (Å²) in [7, 11) is 0. The summed E-state index contributed by atoms with van der Waals surface area (Å²) < 4.78 is 11.8. The van der Waals surface area contributed by atoms with Crippen molar-refractivity contribution in [2.75, 3.05) is 13.2 Å². The van der Waals surface area contributed by atoms with Crippen LogP contribution in [0.4, 0.5) is 0 Å². The first-order valence-corrected chi connectivity index (χ1v) is 6.35. The molecule has 17 heavy (non-hydrogen) atoms. The molecule has 2 unspecified atom stereocenters. The molecule has 0 bridgehead atoms. The van der Waals surface area contributed by atoms with Crippen LogP contribution in [-0.2, 0) is 11.3 Å². The SMILES string of the molecule is c1cc2c(cn1)OC(C1CCCCO1)CNC2. The van der Waals surface area contributed by atoms with Gasteiger partial charge in [-0.2, -0.15) is 0 Å². The van der Waals surface area contributed by atoms with Crippen LogP contribution in [0, 0.1) is 0 Å². The Labute approximate surface area is 101 Å². The van der Waals surface area contributed by atoms with E-state index in [2.05, 4.69) is 10.3 Å². The smallest absolute Gasteiger partial charge is 0.142 e. The Bertz CT molecular complexity index is 377. The minimum absolute atomic E-state index is 0.112. The topological polar surface area (TPSA) is 43.4 Å². The Balaban J connectivity index is 1.75. The average Bonchev–Trinajstić information content (AvgIpc) is 2.62. The van der Waals surface area contributed by atoms with Crippen LogP contribution in [0.1, 0.15) is 24.8 Å². The predicted molar refractivity (Wildman–Crippen MR) is 64.0 cm³/mol. The second-order valence-electron chi connectivity index (χ2n) is 4.68. The van der Waals surface area contributed by atoms with Crippen molar-refractivity contribution in [1.82, 2.24) is 10.3 Å². The van der Waals surface area contributed by atoms with Crippen LogP contribution >= 0.6 is 0 Å². The first-order chi connectivity index (χ1) is 8.43. The lowest BCUT2D eigenvalue weighted by atomic mass is 10.0. The molecule has 1 aromatic rings. The highest BCUT2D eigenvalue weighted by Gasteiger charge is 2.28. The number of pyridine rings is 1. The van der Waals surface area contributed by atoms with E-state index in [0.29, 0.717) is 0 Å². The fourth-order valence-corrected chi connectivity index (χ4v) is 2.48. The first-order valence-electron chi connectivity index (χ1n) is 6.35. The zero-order chi connectivity index (χ0) is 11.5. The summed E-state index contributed by atoms with van der Waals surface area (Å²) in [5.41, 5.74) is 1.18. The third-order valence-electron chi connectivity index (χ3n) is 3.44. The van der Waals surface area contributed by atoms with Crippen LogP contribution in [0.15, 0.2) is 18.5 Å². The van der Waals surface area contributed by atoms with Gasteiger partial charge in [0, 0.05) is 31.5 Å². The van der Waals surface area contributed by atoms with Crippen molar-refractivity contribution >= 4 is 0 Å². The molecule has 0 radical (unpaired) electrons. The summed E-state index contributed by atoms with van der Waals surface area (Å²) in [6, 6.07) is 2.01. The van der Waals surface area contributed by atoms with Crippen LogP contribution < -0.4 is 10.1 Å². The summed E-state index contributed by atoms with van der Waals surface area (Å²) in [6.45, 7) is 2.56. The van der Waals surface area contributed by atoms with E-state index in [-0.39, 0.29) is 12.2 Å². The number of nitrogens with zero attached hydrogens (tertiary/aromatic N) is 1. The molecule has 0 aliphatic carbocycles. The zero-order valence-corrected chi connectivity index (χ0v) is 9.89. The molecule has 2 aliphatic rings. The molecule has 0 saturated carbocycles. The van der Waals surface area contributed by atoms with Crippen LogP contribution in [0.25, 0.3) is 0 Å². The lowest BCUT2D eigenvalue weighted by Crippen LogP contribution is -2.42. The highest BCUT2D eigenvalue weighted by Crippen LogP contribution is 2.24. The van der Waals surface area contributed by atoms with Gasteiger partial charge in [0.25, 0.3) is 0 Å². The van der Waals surface area contributed by atoms with Gasteiger partial charge in [-0.05, 0) is 25.3 Å². The first kappa shape index (κ1) is 11.0. The van der Waals surface area contributed by atoms with Crippen LogP contribution in [-0.4, -0.2) is 30.3 Å². The third-order valence-corrected chi connectivity index (χ3v) is 3.44. The van der Waals surface area contributed by atoms with E-state index in [9.17, 15) is 0 Å². The number of ether oxygens (including phenoxy) is 2. The van der Waals surface area contributed by atoms with Gasteiger partial charge in [0.2, 0.25) is 0 Å². The molecule has 4 nitrogen and oxygen atoms in total. The molecule has 0 amide bonds. The van der Waals surface area contributed by atoms with Gasteiger partial charge in [-0.25, -0.2) is 0 Å². The summed E-state index contributed by atoms with van der Waals surface area (Å²) in [5, 5.41) is 3.42. The molecular formula is C13H18N2O2. The summed E-state index contributed by atoms with van der Waals surface area (Å²) >= 11 is 0. The quantitative estimate of drug-likeness (QED) is 0.799. The molecule has 2 atom stereocenters. The van der Waals surface area contributed by atoms with Crippen molar-refractivity contribution in [2.24, 2.45) is 0 Å². The monoisotopic (exact) mass is 234 g/mol. The van der Waals surface area contributed by atoms with Gasteiger partial charge in [-0.15, -0.1) is 0 Å². The van der Waals surface area contributed by atoms with Crippen molar-refractivity contribution in [3.63, 3.8) is 0 Å². The summed E-state index contributed by atoms with van der Waals surface area (Å²) in [5.74, 6) is 0.900. The lowest BCUT2D eigenvalue weighted by molar-refractivity contribution is -0.0495. The average molecular weight is 234 g/mol. The maximum Gasteiger partial charge on any atom is 0.142 e. The second-order valence-corrected chi connectivity index (χ2v) is 4.68. The highest BCUT2D eigenvalue weighted by molar-refractivity contribution is 5.30. The van der Waals surface area contributed by atoms with Gasteiger partial charge in [-0.1, -0.05) is 0 Å². The van der Waals surface area contributed by atoms with Crippen LogP contribution in [0.3, 0.4) is 0 Å². The Morgan fingerprint density at radius 1 is 1.29 bits per heavy atom. The standard InChI is InChI=1S/C13H18N2O2/c1-2-6-16-11(3-1)13-9-15-7-10-4-5-14-8-12(10)17-13/h4-5,8,11,13,15H,1-3,6-7,9H2. The van der Waals surface area contributed by atoms with E-state index in [1.807, 2.05) is 6.07 Å². The molecule has 0 aromatic carbocycles. The normalized spacial score (nSPS) is 28.9. The fourth-order valence-electron chi connectivity index (χ4n) is 2.48. The summed E-state index contributed by atoms with van der Waals surface area (Å²) in [4.78, 5) is 4.13. The van der Waals surface area contributed by atoms with E-state index < -0.39 is 0 Å². The maximum atomic E-state index is 6.05. The molecule has 1 fully saturated rings. The molecular weight excluding hydrogens is 216 g/mol. The number of fused-ring (bicyclic) bond motifs is 1. The van der Waals surface area contributed by atoms with Gasteiger partial charge < -0.3 is 14.8 Å². The van der Waals surface area contributed by atoms with E-state index in [4.69, 9.17) is 9.47 Å². The van der Waals surface area contributed by atoms with Gasteiger partial charge in [0.15, 0.2) is 0 Å². The lowest BCUT2D eigenvalue weighted by Gasteiger charge is -2.29. The van der Waals surface area contributed by atoms with E-state index >= 15 is 0 Å². The van der Waals surface area contributed by atoms with Crippen molar-refractivity contribution in [3.05, 3.63) is 24.0 Å². The molecule has 1 N–H and O–H groups in total. The van der Waals surface area contributed by atoms with E-state index in [1.54, 1.807) is 12.4 Å². The van der Waals surface area contributed by atoms with Crippen molar-refractivity contribution < 1.29 is 9.47 Å². The van der Waals surface area contributed by atoms with Crippen molar-refractivity contribution in [1.29, 1.82) is 0 Å². The number of hydrogen-bond acceptors (Lipinski definition) is 4. The number of rotatable bonds is 1. The van der Waals surface area contributed by atoms with Gasteiger partial charge >= 0.3 is 0 Å². The molecule has 3 rings (SSSR count). The molecule has 0 spiro atoms. The van der Waals surface area contributed by atoms with E-state index in [1.165, 1.54) is 18.4 Å². The maximum absolute atomic E-state index is 6.05. The highest BCUT2D eigenvalue weighted by atomic mass is 16.5. The zero-order valence-electron chi connectivity index (χ0n) is 9.89. The number of nitrogens with one attached hydrogen (secondary N) is 1.